The van der Waals surface area contributed by atoms with Crippen LogP contribution in [0.5, 0.6) is 0 Å². The van der Waals surface area contributed by atoms with E-state index in [2.05, 4.69) is 20.9 Å². The molecule has 3 fully saturated rings. The Bertz CT molecular complexity index is 1070. The van der Waals surface area contributed by atoms with E-state index in [1.54, 1.807) is 0 Å². The van der Waals surface area contributed by atoms with Gasteiger partial charge in [0.2, 0.25) is 17.7 Å². The summed E-state index contributed by atoms with van der Waals surface area (Å²) in [4.78, 5) is 42.3. The first-order valence-electron chi connectivity index (χ1n) is 16.4. The number of likely N-dealkylation sites (tertiary alicyclic amines) is 1. The molecule has 9 nitrogen and oxygen atoms in total. The van der Waals surface area contributed by atoms with Gasteiger partial charge in [-0.2, -0.15) is 0 Å². The quantitative estimate of drug-likeness (QED) is 0.311. The lowest BCUT2D eigenvalue weighted by atomic mass is 9.72. The van der Waals surface area contributed by atoms with Crippen LogP contribution in [0, 0.1) is 23.7 Å². The van der Waals surface area contributed by atoms with Crippen molar-refractivity contribution in [1.29, 1.82) is 0 Å². The Morgan fingerprint density at radius 1 is 1.00 bits per heavy atom. The summed E-state index contributed by atoms with van der Waals surface area (Å²) >= 11 is 0. The molecule has 3 unspecified atom stereocenters. The number of amides is 3. The number of hydrogen-bond donors (Lipinski definition) is 4. The average molecular weight is 599 g/mol. The fourth-order valence-electron chi connectivity index (χ4n) is 6.97. The molecule has 2 aliphatic heterocycles. The van der Waals surface area contributed by atoms with Gasteiger partial charge in [-0.3, -0.25) is 19.3 Å². The number of carbonyl (C=O) groups is 3. The van der Waals surface area contributed by atoms with Gasteiger partial charge in [-0.1, -0.05) is 63.4 Å². The van der Waals surface area contributed by atoms with Crippen molar-refractivity contribution in [3.63, 3.8) is 0 Å². The number of hydrogen-bond acceptors (Lipinski definition) is 6. The summed E-state index contributed by atoms with van der Waals surface area (Å²) in [6.07, 6.45) is 5.68. The molecule has 1 saturated carbocycles. The summed E-state index contributed by atoms with van der Waals surface area (Å²) in [6, 6.07) is 8.15. The number of fused-ring (bicyclic) bond motifs is 1. The van der Waals surface area contributed by atoms with Gasteiger partial charge in [-0.15, -0.1) is 0 Å². The maximum absolute atomic E-state index is 13.7. The molecule has 4 rings (SSSR count). The molecule has 0 bridgehead atoms. The monoisotopic (exact) mass is 598 g/mol. The summed E-state index contributed by atoms with van der Waals surface area (Å²) < 4.78 is 5.37. The van der Waals surface area contributed by atoms with E-state index in [0.29, 0.717) is 37.9 Å². The molecular weight excluding hydrogens is 544 g/mol. The van der Waals surface area contributed by atoms with Gasteiger partial charge in [-0.25, -0.2) is 0 Å². The van der Waals surface area contributed by atoms with Crippen molar-refractivity contribution in [3.05, 3.63) is 35.9 Å². The first kappa shape index (κ1) is 33.4. The maximum Gasteiger partial charge on any atom is 0.243 e. The fourth-order valence-corrected chi connectivity index (χ4v) is 6.97. The first-order valence-corrected chi connectivity index (χ1v) is 16.4. The molecule has 1 aromatic rings. The number of carbonyl (C=O) groups excluding carboxylic acids is 3. The van der Waals surface area contributed by atoms with Crippen LogP contribution in [0.25, 0.3) is 0 Å². The largest absolute Gasteiger partial charge is 0.390 e. The lowest BCUT2D eigenvalue weighted by molar-refractivity contribution is -0.134. The molecule has 240 valence electrons. The molecule has 1 aromatic carbocycles. The van der Waals surface area contributed by atoms with E-state index in [4.69, 9.17) is 4.74 Å². The second-order valence-electron chi connectivity index (χ2n) is 14.4. The number of nitrogens with zero attached hydrogens (tertiary/aromatic N) is 1. The third-order valence-corrected chi connectivity index (χ3v) is 9.36. The number of ether oxygens (including phenoxy) is 1. The van der Waals surface area contributed by atoms with Gasteiger partial charge < -0.3 is 25.8 Å². The molecule has 2 saturated heterocycles. The van der Waals surface area contributed by atoms with Crippen molar-refractivity contribution in [2.75, 3.05) is 26.3 Å². The van der Waals surface area contributed by atoms with Crippen LogP contribution in [0.1, 0.15) is 78.7 Å². The van der Waals surface area contributed by atoms with E-state index in [1.807, 2.05) is 65.0 Å². The molecule has 0 spiro atoms. The lowest BCUT2D eigenvalue weighted by Gasteiger charge is -2.47. The van der Waals surface area contributed by atoms with E-state index >= 15 is 0 Å². The zero-order chi connectivity index (χ0) is 31.1. The van der Waals surface area contributed by atoms with E-state index in [0.717, 1.165) is 31.4 Å². The number of rotatable bonds is 11. The van der Waals surface area contributed by atoms with Crippen LogP contribution in [-0.2, 0) is 25.5 Å². The van der Waals surface area contributed by atoms with Gasteiger partial charge in [0.1, 0.15) is 6.04 Å². The van der Waals surface area contributed by atoms with Gasteiger partial charge in [0.15, 0.2) is 0 Å². The normalized spacial score (nSPS) is 26.7. The zero-order valence-electron chi connectivity index (χ0n) is 26.8. The van der Waals surface area contributed by atoms with Crippen LogP contribution in [-0.4, -0.2) is 83.8 Å². The SMILES string of the molecule is CC(C)[C@H](NC(=O)C1CCOC1)C(=O)NC(Cc1ccccc1)[C@H](O)CN1CC2CCCC[C@H]2C[C@H]1C(=O)NC(C)(C)C. The van der Waals surface area contributed by atoms with Gasteiger partial charge in [0.05, 0.1) is 30.7 Å². The number of benzene rings is 1. The number of nitrogens with one attached hydrogen (secondary N) is 3. The van der Waals surface area contributed by atoms with Crippen LogP contribution in [0.4, 0.5) is 0 Å². The molecule has 0 aromatic heterocycles. The minimum atomic E-state index is -0.916. The standard InChI is InChI=1S/C34H54N4O5/c1-22(2)30(36-31(40)26-15-16-43-21-26)33(42)35-27(17-23-11-7-6-8-12-23)29(39)20-38-19-25-14-10-9-13-24(25)18-28(38)32(41)37-34(3,4)5/h6-8,11-12,22,24-30,39H,9-10,13-21H2,1-5H3,(H,35,42)(H,36,40)(H,37,41)/t24-,25?,26?,27?,28-,29+,30-/m0/s1. The molecule has 2 heterocycles. The second kappa shape index (κ2) is 15.0. The minimum absolute atomic E-state index is 0.00541. The van der Waals surface area contributed by atoms with Crippen LogP contribution >= 0.6 is 0 Å². The Labute approximate surface area is 257 Å². The summed E-state index contributed by atoms with van der Waals surface area (Å²) in [7, 11) is 0. The van der Waals surface area contributed by atoms with Crippen molar-refractivity contribution in [1.82, 2.24) is 20.9 Å². The van der Waals surface area contributed by atoms with Gasteiger partial charge in [0, 0.05) is 25.2 Å². The Morgan fingerprint density at radius 2 is 1.70 bits per heavy atom. The molecule has 3 amide bonds. The molecule has 0 radical (unpaired) electrons. The van der Waals surface area contributed by atoms with Crippen molar-refractivity contribution in [2.45, 2.75) is 109 Å². The maximum atomic E-state index is 13.7. The van der Waals surface area contributed by atoms with E-state index in [-0.39, 0.29) is 47.7 Å². The summed E-state index contributed by atoms with van der Waals surface area (Å²) in [5.41, 5.74) is 0.642. The number of piperidine rings is 1. The van der Waals surface area contributed by atoms with E-state index in [9.17, 15) is 19.5 Å². The highest BCUT2D eigenvalue weighted by Gasteiger charge is 2.42. The second-order valence-corrected chi connectivity index (χ2v) is 14.4. The molecule has 7 atom stereocenters. The molecule has 4 N–H and O–H groups in total. The van der Waals surface area contributed by atoms with Crippen LogP contribution < -0.4 is 16.0 Å². The third kappa shape index (κ3) is 9.50. The van der Waals surface area contributed by atoms with Crippen LogP contribution in [0.2, 0.25) is 0 Å². The number of β-amino-alcohol motifs (C(OH)–C–C–N with tert-alkyl or cyclic N) is 1. The Balaban J connectivity index is 1.52. The Hall–Kier alpha value is -2.49. The fraction of sp³-hybridized carbons (Fsp3) is 0.735. The molecule has 9 heteroatoms. The van der Waals surface area contributed by atoms with Gasteiger partial charge in [-0.05, 0) is 69.8 Å². The molecule has 1 aliphatic carbocycles. The third-order valence-electron chi connectivity index (χ3n) is 9.36. The lowest BCUT2D eigenvalue weighted by Crippen LogP contribution is -2.61. The van der Waals surface area contributed by atoms with Crippen LogP contribution in [0.3, 0.4) is 0 Å². The van der Waals surface area contributed by atoms with Crippen molar-refractivity contribution < 1.29 is 24.2 Å². The predicted octanol–water partition coefficient (Wildman–Crippen LogP) is 3.05. The smallest absolute Gasteiger partial charge is 0.243 e. The summed E-state index contributed by atoms with van der Waals surface area (Å²) in [5.74, 6) is 0.172. The number of aliphatic hydroxyl groups excluding tert-OH is 1. The summed E-state index contributed by atoms with van der Waals surface area (Å²) in [6.45, 7) is 11.8. The molecule has 43 heavy (non-hydrogen) atoms. The van der Waals surface area contributed by atoms with Crippen molar-refractivity contribution in [3.8, 4) is 0 Å². The van der Waals surface area contributed by atoms with E-state index in [1.165, 1.54) is 12.8 Å². The zero-order valence-corrected chi connectivity index (χ0v) is 26.8. The van der Waals surface area contributed by atoms with E-state index < -0.39 is 18.2 Å². The highest BCUT2D eigenvalue weighted by molar-refractivity contribution is 5.89. The van der Waals surface area contributed by atoms with Crippen molar-refractivity contribution >= 4 is 17.7 Å². The predicted molar refractivity (Wildman–Crippen MR) is 167 cm³/mol. The van der Waals surface area contributed by atoms with Gasteiger partial charge >= 0.3 is 0 Å². The van der Waals surface area contributed by atoms with Crippen molar-refractivity contribution in [2.24, 2.45) is 23.7 Å². The van der Waals surface area contributed by atoms with Crippen LogP contribution in [0.15, 0.2) is 30.3 Å². The topological polar surface area (TPSA) is 120 Å². The molecule has 3 aliphatic rings. The van der Waals surface area contributed by atoms with Gasteiger partial charge in [0.25, 0.3) is 0 Å². The highest BCUT2D eigenvalue weighted by atomic mass is 16.5. The Kier molecular flexibility index (Phi) is 11.6. The minimum Gasteiger partial charge on any atom is -0.390 e. The summed E-state index contributed by atoms with van der Waals surface area (Å²) in [5, 5.41) is 21.0. The molecular formula is C34H54N4O5. The average Bonchev–Trinajstić information content (AvgIpc) is 3.50. The number of aliphatic hydroxyl groups is 1. The Morgan fingerprint density at radius 3 is 2.33 bits per heavy atom. The first-order chi connectivity index (χ1) is 20.4. The highest BCUT2D eigenvalue weighted by Crippen LogP contribution is 2.39.